The summed E-state index contributed by atoms with van der Waals surface area (Å²) < 4.78 is 13.2. The van der Waals surface area contributed by atoms with Crippen LogP contribution in [-0.2, 0) is 0 Å². The first-order chi connectivity index (χ1) is 4.31. The lowest BCUT2D eigenvalue weighted by atomic mass is 9.51. The number of rotatable bonds is 0. The monoisotopic (exact) mass is 145 g/mol. The summed E-state index contributed by atoms with van der Waals surface area (Å²) in [5, 5.41) is 0. The molecule has 3 unspecified atom stereocenters. The van der Waals surface area contributed by atoms with Crippen molar-refractivity contribution in [2.45, 2.75) is 39.4 Å². The van der Waals surface area contributed by atoms with Crippen molar-refractivity contribution in [2.24, 2.45) is 17.1 Å². The van der Waals surface area contributed by atoms with Crippen LogP contribution >= 0.6 is 0 Å². The topological polar surface area (TPSA) is 26.0 Å². The van der Waals surface area contributed by atoms with E-state index < -0.39 is 11.7 Å². The van der Waals surface area contributed by atoms with Crippen LogP contribution in [0.15, 0.2) is 0 Å². The maximum atomic E-state index is 13.2. The van der Waals surface area contributed by atoms with Crippen LogP contribution < -0.4 is 5.73 Å². The van der Waals surface area contributed by atoms with Crippen molar-refractivity contribution < 1.29 is 4.39 Å². The number of hydrogen-bond donors (Lipinski definition) is 1. The molecule has 0 aromatic heterocycles. The molecule has 1 saturated carbocycles. The summed E-state index contributed by atoms with van der Waals surface area (Å²) in [6, 6.07) is 0. The lowest BCUT2D eigenvalue weighted by Gasteiger charge is -2.58. The van der Waals surface area contributed by atoms with Crippen LogP contribution in [0.1, 0.15) is 27.7 Å². The third-order valence-electron chi connectivity index (χ3n) is 3.25. The molecule has 1 rings (SSSR count). The highest BCUT2D eigenvalue weighted by Gasteiger charge is 2.60. The van der Waals surface area contributed by atoms with E-state index in [1.54, 1.807) is 6.92 Å². The Morgan fingerprint density at radius 2 is 1.70 bits per heavy atom. The van der Waals surface area contributed by atoms with Gasteiger partial charge in [-0.3, -0.25) is 0 Å². The molecule has 0 heterocycles. The average molecular weight is 145 g/mol. The van der Waals surface area contributed by atoms with E-state index >= 15 is 0 Å². The van der Waals surface area contributed by atoms with Crippen LogP contribution in [0.2, 0.25) is 0 Å². The van der Waals surface area contributed by atoms with Gasteiger partial charge in [-0.05, 0) is 12.8 Å². The fourth-order valence-electron chi connectivity index (χ4n) is 1.95. The zero-order valence-electron chi connectivity index (χ0n) is 7.11. The summed E-state index contributed by atoms with van der Waals surface area (Å²) in [7, 11) is 0. The molecule has 0 aliphatic heterocycles. The molecule has 0 amide bonds. The van der Waals surface area contributed by atoms with Crippen LogP contribution in [0.3, 0.4) is 0 Å². The van der Waals surface area contributed by atoms with Gasteiger partial charge >= 0.3 is 0 Å². The SMILES string of the molecule is CC1C(C)(C)C(F)C1(C)N. The van der Waals surface area contributed by atoms with Crippen molar-refractivity contribution in [1.29, 1.82) is 0 Å². The van der Waals surface area contributed by atoms with Gasteiger partial charge in [0.25, 0.3) is 0 Å². The van der Waals surface area contributed by atoms with Gasteiger partial charge in [0.1, 0.15) is 6.17 Å². The van der Waals surface area contributed by atoms with Gasteiger partial charge in [-0.25, -0.2) is 4.39 Å². The van der Waals surface area contributed by atoms with Gasteiger partial charge in [-0.15, -0.1) is 0 Å². The van der Waals surface area contributed by atoms with E-state index in [2.05, 4.69) is 0 Å². The molecule has 0 radical (unpaired) electrons. The summed E-state index contributed by atoms with van der Waals surface area (Å²) >= 11 is 0. The zero-order valence-corrected chi connectivity index (χ0v) is 7.11. The standard InChI is InChI=1S/C8H16FN/c1-5-7(2,3)6(9)8(5,4)10/h5-6H,10H2,1-4H3. The first kappa shape index (κ1) is 7.99. The summed E-state index contributed by atoms with van der Waals surface area (Å²) in [4.78, 5) is 0. The van der Waals surface area contributed by atoms with Crippen molar-refractivity contribution in [3.05, 3.63) is 0 Å². The van der Waals surface area contributed by atoms with Gasteiger partial charge in [0.2, 0.25) is 0 Å². The Hall–Kier alpha value is -0.110. The maximum Gasteiger partial charge on any atom is 0.123 e. The van der Waals surface area contributed by atoms with Crippen molar-refractivity contribution in [3.63, 3.8) is 0 Å². The van der Waals surface area contributed by atoms with E-state index in [0.29, 0.717) is 0 Å². The van der Waals surface area contributed by atoms with Crippen molar-refractivity contribution in [3.8, 4) is 0 Å². The highest BCUT2D eigenvalue weighted by Crippen LogP contribution is 2.53. The molecule has 10 heavy (non-hydrogen) atoms. The summed E-state index contributed by atoms with van der Waals surface area (Å²) in [6.07, 6.45) is -0.852. The average Bonchev–Trinajstić information content (AvgIpc) is 1.84. The molecule has 1 fully saturated rings. The van der Waals surface area contributed by atoms with Crippen LogP contribution in [0.5, 0.6) is 0 Å². The number of halogens is 1. The Morgan fingerprint density at radius 3 is 1.80 bits per heavy atom. The second-order valence-electron chi connectivity index (χ2n) is 4.27. The predicted molar refractivity (Wildman–Crippen MR) is 40.4 cm³/mol. The first-order valence-electron chi connectivity index (χ1n) is 3.74. The molecule has 2 N–H and O–H groups in total. The Morgan fingerprint density at radius 1 is 1.30 bits per heavy atom. The number of nitrogens with two attached hydrogens (primary N) is 1. The fourth-order valence-corrected chi connectivity index (χ4v) is 1.95. The second kappa shape index (κ2) is 1.73. The third-order valence-corrected chi connectivity index (χ3v) is 3.25. The Bertz CT molecular complexity index is 121. The van der Waals surface area contributed by atoms with Crippen molar-refractivity contribution >= 4 is 0 Å². The van der Waals surface area contributed by atoms with Gasteiger partial charge in [-0.1, -0.05) is 20.8 Å². The lowest BCUT2D eigenvalue weighted by Crippen LogP contribution is -2.71. The quantitative estimate of drug-likeness (QED) is 0.552. The Balaban J connectivity index is 2.78. The van der Waals surface area contributed by atoms with E-state index in [-0.39, 0.29) is 11.3 Å². The van der Waals surface area contributed by atoms with Gasteiger partial charge in [0, 0.05) is 11.0 Å². The molecule has 2 heteroatoms. The highest BCUT2D eigenvalue weighted by molar-refractivity contribution is 5.13. The van der Waals surface area contributed by atoms with E-state index in [1.807, 2.05) is 20.8 Å². The van der Waals surface area contributed by atoms with Crippen LogP contribution in [0.4, 0.5) is 4.39 Å². The Kier molecular flexibility index (Phi) is 1.38. The highest BCUT2D eigenvalue weighted by atomic mass is 19.1. The Labute approximate surface area is 61.8 Å². The normalized spacial score (nSPS) is 52.2. The maximum absolute atomic E-state index is 13.2. The summed E-state index contributed by atoms with van der Waals surface area (Å²) in [5.74, 6) is 0.273. The molecule has 1 nitrogen and oxygen atoms in total. The molecule has 0 aromatic carbocycles. The van der Waals surface area contributed by atoms with Crippen molar-refractivity contribution in [2.75, 3.05) is 0 Å². The molecule has 0 aromatic rings. The number of alkyl halides is 1. The van der Waals surface area contributed by atoms with Crippen LogP contribution in [0, 0.1) is 11.3 Å². The molecule has 60 valence electrons. The molecule has 0 saturated heterocycles. The van der Waals surface area contributed by atoms with E-state index in [1.165, 1.54) is 0 Å². The smallest absolute Gasteiger partial charge is 0.123 e. The van der Waals surface area contributed by atoms with E-state index in [0.717, 1.165) is 0 Å². The van der Waals surface area contributed by atoms with E-state index in [4.69, 9.17) is 5.73 Å². The van der Waals surface area contributed by atoms with Crippen molar-refractivity contribution in [1.82, 2.24) is 0 Å². The summed E-state index contributed by atoms with van der Waals surface area (Å²) in [6.45, 7) is 7.65. The molecule has 0 spiro atoms. The molecular formula is C8H16FN. The van der Waals surface area contributed by atoms with Gasteiger partial charge in [-0.2, -0.15) is 0 Å². The first-order valence-corrected chi connectivity index (χ1v) is 3.74. The third kappa shape index (κ3) is 0.656. The molecule has 1 aliphatic rings. The minimum absolute atomic E-state index is 0.219. The minimum Gasteiger partial charge on any atom is -0.323 e. The van der Waals surface area contributed by atoms with Gasteiger partial charge < -0.3 is 5.73 Å². The minimum atomic E-state index is -0.852. The number of hydrogen-bond acceptors (Lipinski definition) is 1. The largest absolute Gasteiger partial charge is 0.323 e. The molecule has 1 aliphatic carbocycles. The second-order valence-corrected chi connectivity index (χ2v) is 4.27. The molecule has 3 atom stereocenters. The van der Waals surface area contributed by atoms with Crippen LogP contribution in [0.25, 0.3) is 0 Å². The predicted octanol–water partition coefficient (Wildman–Crippen LogP) is 1.72. The molecule has 0 bridgehead atoms. The zero-order chi connectivity index (χ0) is 8.15. The van der Waals surface area contributed by atoms with Gasteiger partial charge in [0.05, 0.1) is 0 Å². The van der Waals surface area contributed by atoms with E-state index in [9.17, 15) is 4.39 Å². The van der Waals surface area contributed by atoms with Crippen LogP contribution in [-0.4, -0.2) is 11.7 Å². The fraction of sp³-hybridized carbons (Fsp3) is 1.00. The summed E-state index contributed by atoms with van der Waals surface area (Å²) in [5.41, 5.74) is 4.90. The lowest BCUT2D eigenvalue weighted by molar-refractivity contribution is -0.115. The molecular weight excluding hydrogens is 129 g/mol. The van der Waals surface area contributed by atoms with Gasteiger partial charge in [0.15, 0.2) is 0 Å².